The zero-order chi connectivity index (χ0) is 20.7. The van der Waals surface area contributed by atoms with Crippen LogP contribution in [0.15, 0.2) is 85.2 Å². The molecular weight excluding hydrogens is 366 g/mol. The predicted molar refractivity (Wildman–Crippen MR) is 125 cm³/mol. The molecule has 0 fully saturated rings. The van der Waals surface area contributed by atoms with Crippen LogP contribution in [0.3, 0.4) is 0 Å². The Balaban J connectivity index is 1.88. The van der Waals surface area contributed by atoms with Crippen LogP contribution in [0.25, 0.3) is 32.7 Å². The highest BCUT2D eigenvalue weighted by Gasteiger charge is 2.17. The second kappa shape index (κ2) is 7.31. The number of ether oxygens (including phenoxy) is 1. The molecule has 0 bridgehead atoms. The summed E-state index contributed by atoms with van der Waals surface area (Å²) in [5, 5.41) is 4.45. The number of hydrogen-bond donors (Lipinski definition) is 0. The van der Waals surface area contributed by atoms with Crippen molar-refractivity contribution in [3.63, 3.8) is 0 Å². The van der Waals surface area contributed by atoms with Gasteiger partial charge in [-0.2, -0.15) is 0 Å². The van der Waals surface area contributed by atoms with Gasteiger partial charge in [0.25, 0.3) is 0 Å². The normalized spacial score (nSPS) is 11.2. The quantitative estimate of drug-likeness (QED) is 0.294. The molecule has 0 N–H and O–H groups in total. The third-order valence-corrected chi connectivity index (χ3v) is 5.95. The van der Waals surface area contributed by atoms with E-state index in [-0.39, 0.29) is 0 Å². The van der Waals surface area contributed by atoms with Crippen LogP contribution in [0, 0.1) is 20.8 Å². The Kier molecular flexibility index (Phi) is 4.48. The Hall–Kier alpha value is -3.65. The molecule has 30 heavy (non-hydrogen) atoms. The lowest BCUT2D eigenvalue weighted by atomic mass is 9.89. The van der Waals surface area contributed by atoms with Gasteiger partial charge in [-0.1, -0.05) is 54.6 Å². The smallest absolute Gasteiger partial charge is 0.143 e. The number of aromatic nitrogens is 1. The van der Waals surface area contributed by atoms with Crippen molar-refractivity contribution < 1.29 is 4.74 Å². The molecule has 0 unspecified atom stereocenters. The fourth-order valence-electron chi connectivity index (χ4n) is 4.19. The van der Waals surface area contributed by atoms with Crippen molar-refractivity contribution in [3.8, 4) is 22.6 Å². The Morgan fingerprint density at radius 2 is 1.30 bits per heavy atom. The van der Waals surface area contributed by atoms with E-state index in [1.165, 1.54) is 33.2 Å². The molecule has 1 heterocycles. The number of para-hydroxylation sites is 1. The van der Waals surface area contributed by atoms with Crippen LogP contribution in [-0.4, -0.2) is 4.98 Å². The number of fused-ring (bicyclic) bond motifs is 2. The molecule has 0 saturated heterocycles. The fourth-order valence-corrected chi connectivity index (χ4v) is 4.19. The standard InChI is InChI=1S/C28H23NO/c1-18-15-21(16-19(2)20(18)3)27-23-11-7-8-12-24(23)28(25-13-14-29-17-26(25)27)30-22-9-5-4-6-10-22/h4-17H,1-3H3. The molecule has 4 aromatic carbocycles. The number of rotatable bonds is 3. The molecular formula is C28H23NO. The zero-order valence-corrected chi connectivity index (χ0v) is 17.4. The van der Waals surface area contributed by atoms with Crippen LogP contribution in [0.4, 0.5) is 0 Å². The Morgan fingerprint density at radius 3 is 2.03 bits per heavy atom. The van der Waals surface area contributed by atoms with E-state index < -0.39 is 0 Å². The van der Waals surface area contributed by atoms with Crippen molar-refractivity contribution in [2.24, 2.45) is 0 Å². The van der Waals surface area contributed by atoms with Gasteiger partial charge in [0.1, 0.15) is 11.5 Å². The van der Waals surface area contributed by atoms with Gasteiger partial charge < -0.3 is 4.74 Å². The van der Waals surface area contributed by atoms with Gasteiger partial charge in [-0.15, -0.1) is 0 Å². The minimum Gasteiger partial charge on any atom is -0.456 e. The van der Waals surface area contributed by atoms with Gasteiger partial charge in [-0.3, -0.25) is 4.98 Å². The van der Waals surface area contributed by atoms with E-state index in [0.29, 0.717) is 0 Å². The van der Waals surface area contributed by atoms with E-state index >= 15 is 0 Å². The molecule has 0 saturated carbocycles. The van der Waals surface area contributed by atoms with Gasteiger partial charge in [0, 0.05) is 28.6 Å². The lowest BCUT2D eigenvalue weighted by molar-refractivity contribution is 0.494. The third-order valence-electron chi connectivity index (χ3n) is 5.95. The van der Waals surface area contributed by atoms with E-state index in [9.17, 15) is 0 Å². The average Bonchev–Trinajstić information content (AvgIpc) is 2.78. The minimum absolute atomic E-state index is 0.829. The maximum Gasteiger partial charge on any atom is 0.143 e. The molecule has 0 radical (unpaired) electrons. The van der Waals surface area contributed by atoms with E-state index in [4.69, 9.17) is 4.74 Å². The number of aryl methyl sites for hydroxylation is 2. The largest absolute Gasteiger partial charge is 0.456 e. The van der Waals surface area contributed by atoms with Crippen LogP contribution < -0.4 is 4.74 Å². The van der Waals surface area contributed by atoms with E-state index in [2.05, 4.69) is 68.2 Å². The molecule has 0 aliphatic rings. The Morgan fingerprint density at radius 1 is 0.667 bits per heavy atom. The molecule has 0 atom stereocenters. The fraction of sp³-hybridized carbons (Fsp3) is 0.107. The van der Waals surface area contributed by atoms with Crippen molar-refractivity contribution >= 4 is 21.5 Å². The second-order valence-corrected chi connectivity index (χ2v) is 7.82. The molecule has 5 rings (SSSR count). The highest BCUT2D eigenvalue weighted by Crippen LogP contribution is 2.44. The van der Waals surface area contributed by atoms with Crippen molar-refractivity contribution in [1.82, 2.24) is 4.98 Å². The van der Waals surface area contributed by atoms with Crippen LogP contribution in [-0.2, 0) is 0 Å². The highest BCUT2D eigenvalue weighted by atomic mass is 16.5. The van der Waals surface area contributed by atoms with Gasteiger partial charge in [-0.05, 0) is 72.2 Å². The molecule has 0 amide bonds. The van der Waals surface area contributed by atoms with Gasteiger partial charge >= 0.3 is 0 Å². The summed E-state index contributed by atoms with van der Waals surface area (Å²) in [5.41, 5.74) is 6.37. The molecule has 2 heteroatoms. The van der Waals surface area contributed by atoms with E-state index in [1.807, 2.05) is 42.7 Å². The van der Waals surface area contributed by atoms with Gasteiger partial charge in [0.15, 0.2) is 0 Å². The number of pyridine rings is 1. The number of nitrogens with zero attached hydrogens (tertiary/aromatic N) is 1. The van der Waals surface area contributed by atoms with Crippen LogP contribution >= 0.6 is 0 Å². The molecule has 1 aromatic heterocycles. The van der Waals surface area contributed by atoms with E-state index in [0.717, 1.165) is 27.7 Å². The maximum atomic E-state index is 6.43. The summed E-state index contributed by atoms with van der Waals surface area (Å²) in [6.45, 7) is 6.55. The molecule has 0 aliphatic carbocycles. The van der Waals surface area contributed by atoms with E-state index in [1.54, 1.807) is 0 Å². The highest BCUT2D eigenvalue weighted by molar-refractivity contribution is 6.16. The summed E-state index contributed by atoms with van der Waals surface area (Å²) in [6, 6.07) is 25.1. The SMILES string of the molecule is Cc1cc(-c2c3ccccc3c(Oc3ccccc3)c3ccncc23)cc(C)c1C. The minimum atomic E-state index is 0.829. The van der Waals surface area contributed by atoms with Crippen molar-refractivity contribution in [2.75, 3.05) is 0 Å². The Labute approximate surface area is 176 Å². The van der Waals surface area contributed by atoms with Crippen molar-refractivity contribution in [3.05, 3.63) is 102 Å². The lowest BCUT2D eigenvalue weighted by Crippen LogP contribution is -1.94. The summed E-state index contributed by atoms with van der Waals surface area (Å²) >= 11 is 0. The summed E-state index contributed by atoms with van der Waals surface area (Å²) in [4.78, 5) is 4.46. The first-order chi connectivity index (χ1) is 14.6. The van der Waals surface area contributed by atoms with Gasteiger partial charge in [0.05, 0.1) is 0 Å². The second-order valence-electron chi connectivity index (χ2n) is 7.82. The first-order valence-electron chi connectivity index (χ1n) is 10.2. The molecule has 2 nitrogen and oxygen atoms in total. The van der Waals surface area contributed by atoms with Crippen molar-refractivity contribution in [1.29, 1.82) is 0 Å². The van der Waals surface area contributed by atoms with Crippen LogP contribution in [0.2, 0.25) is 0 Å². The number of benzene rings is 4. The maximum absolute atomic E-state index is 6.43. The monoisotopic (exact) mass is 389 g/mol. The molecule has 5 aromatic rings. The third kappa shape index (κ3) is 3.02. The topological polar surface area (TPSA) is 22.1 Å². The van der Waals surface area contributed by atoms with Crippen molar-refractivity contribution in [2.45, 2.75) is 20.8 Å². The number of hydrogen-bond acceptors (Lipinski definition) is 2. The summed E-state index contributed by atoms with van der Waals surface area (Å²) in [5.74, 6) is 1.70. The Bertz CT molecular complexity index is 1310. The summed E-state index contributed by atoms with van der Waals surface area (Å²) < 4.78 is 6.43. The lowest BCUT2D eigenvalue weighted by Gasteiger charge is -2.18. The summed E-state index contributed by atoms with van der Waals surface area (Å²) in [6.07, 6.45) is 3.80. The van der Waals surface area contributed by atoms with Gasteiger partial charge in [0.2, 0.25) is 0 Å². The zero-order valence-electron chi connectivity index (χ0n) is 17.4. The first kappa shape index (κ1) is 18.4. The average molecular weight is 389 g/mol. The summed E-state index contributed by atoms with van der Waals surface area (Å²) in [7, 11) is 0. The van der Waals surface area contributed by atoms with Crippen LogP contribution in [0.5, 0.6) is 11.5 Å². The molecule has 0 aliphatic heterocycles. The molecule has 146 valence electrons. The first-order valence-corrected chi connectivity index (χ1v) is 10.2. The van der Waals surface area contributed by atoms with Gasteiger partial charge in [-0.25, -0.2) is 0 Å². The van der Waals surface area contributed by atoms with Crippen LogP contribution in [0.1, 0.15) is 16.7 Å². The predicted octanol–water partition coefficient (Wildman–Crippen LogP) is 7.77. The molecule has 0 spiro atoms.